The molecule has 0 radical (unpaired) electrons. The number of hydrogen-bond acceptors (Lipinski definition) is 3. The van der Waals surface area contributed by atoms with Crippen LogP contribution in [0.5, 0.6) is 0 Å². The second-order valence-corrected chi connectivity index (χ2v) is 5.84. The number of aromatic nitrogens is 3. The Morgan fingerprint density at radius 3 is 2.60 bits per heavy atom. The molecule has 0 aliphatic heterocycles. The van der Waals surface area contributed by atoms with E-state index in [0.29, 0.717) is 11.2 Å². The van der Waals surface area contributed by atoms with Crippen molar-refractivity contribution in [2.24, 2.45) is 0 Å². The van der Waals surface area contributed by atoms with Crippen LogP contribution in [0.2, 0.25) is 0 Å². The van der Waals surface area contributed by atoms with Gasteiger partial charge in [-0.05, 0) is 42.3 Å². The van der Waals surface area contributed by atoms with Gasteiger partial charge in [0.25, 0.3) is 5.91 Å². The van der Waals surface area contributed by atoms with Gasteiger partial charge in [0.2, 0.25) is 5.95 Å². The maximum Gasteiger partial charge on any atom is 0.258 e. The first kappa shape index (κ1) is 15.1. The smallest absolute Gasteiger partial charge is 0.258 e. The highest BCUT2D eigenvalue weighted by Gasteiger charge is 2.11. The molecule has 0 atom stereocenters. The molecule has 0 aliphatic rings. The fourth-order valence-electron chi connectivity index (χ4n) is 2.70. The highest BCUT2D eigenvalue weighted by atomic mass is 16.1. The summed E-state index contributed by atoms with van der Waals surface area (Å²) in [6.07, 6.45) is 1.84. The topological polar surface area (TPSA) is 59.3 Å². The maximum absolute atomic E-state index is 12.3. The Morgan fingerprint density at radius 1 is 0.960 bits per heavy atom. The molecule has 25 heavy (non-hydrogen) atoms. The molecular formula is C20H16N4O. The Morgan fingerprint density at radius 2 is 1.80 bits per heavy atom. The Balaban J connectivity index is 1.62. The SMILES string of the molecule is Cc1cccc(C(=O)Nc2nc3cc(-c4ccccc4)ccn3n2)c1. The van der Waals surface area contributed by atoms with Crippen LogP contribution < -0.4 is 5.32 Å². The van der Waals surface area contributed by atoms with Gasteiger partial charge in [-0.1, -0.05) is 48.0 Å². The van der Waals surface area contributed by atoms with E-state index in [1.807, 2.05) is 73.8 Å². The molecule has 4 rings (SSSR count). The molecule has 0 bridgehead atoms. The van der Waals surface area contributed by atoms with Crippen molar-refractivity contribution in [3.05, 3.63) is 84.1 Å². The number of pyridine rings is 1. The zero-order valence-electron chi connectivity index (χ0n) is 13.7. The molecular weight excluding hydrogens is 312 g/mol. The number of nitrogens with one attached hydrogen (secondary N) is 1. The second-order valence-electron chi connectivity index (χ2n) is 5.84. The third-order valence-corrected chi connectivity index (χ3v) is 3.95. The summed E-state index contributed by atoms with van der Waals surface area (Å²) in [7, 11) is 0. The van der Waals surface area contributed by atoms with Crippen LogP contribution in [0.3, 0.4) is 0 Å². The first-order valence-corrected chi connectivity index (χ1v) is 7.99. The van der Waals surface area contributed by atoms with Crippen molar-refractivity contribution in [1.29, 1.82) is 0 Å². The number of benzene rings is 2. The largest absolute Gasteiger partial charge is 0.289 e. The number of rotatable bonds is 3. The summed E-state index contributed by atoms with van der Waals surface area (Å²) in [5.41, 5.74) is 4.46. The van der Waals surface area contributed by atoms with E-state index in [4.69, 9.17) is 0 Å². The molecule has 1 N–H and O–H groups in total. The lowest BCUT2D eigenvalue weighted by molar-refractivity contribution is 0.102. The molecule has 0 aliphatic carbocycles. The van der Waals surface area contributed by atoms with Crippen molar-refractivity contribution >= 4 is 17.5 Å². The van der Waals surface area contributed by atoms with Crippen molar-refractivity contribution in [3.63, 3.8) is 0 Å². The summed E-state index contributed by atoms with van der Waals surface area (Å²) in [6, 6.07) is 21.4. The van der Waals surface area contributed by atoms with Crippen molar-refractivity contribution < 1.29 is 4.79 Å². The van der Waals surface area contributed by atoms with Gasteiger partial charge >= 0.3 is 0 Å². The van der Waals surface area contributed by atoms with Crippen LogP contribution in [0, 0.1) is 6.92 Å². The highest BCUT2D eigenvalue weighted by molar-refractivity contribution is 6.03. The van der Waals surface area contributed by atoms with E-state index in [-0.39, 0.29) is 11.9 Å². The number of anilines is 1. The molecule has 5 heteroatoms. The van der Waals surface area contributed by atoms with Crippen LogP contribution in [-0.2, 0) is 0 Å². The molecule has 0 fully saturated rings. The number of nitrogens with zero attached hydrogens (tertiary/aromatic N) is 3. The summed E-state index contributed by atoms with van der Waals surface area (Å²) in [4.78, 5) is 16.7. The van der Waals surface area contributed by atoms with Gasteiger partial charge in [0.1, 0.15) is 0 Å². The van der Waals surface area contributed by atoms with Gasteiger partial charge in [0.05, 0.1) is 0 Å². The van der Waals surface area contributed by atoms with Gasteiger partial charge in [0, 0.05) is 11.8 Å². The molecule has 5 nitrogen and oxygen atoms in total. The van der Waals surface area contributed by atoms with Crippen molar-refractivity contribution in [2.45, 2.75) is 6.92 Å². The van der Waals surface area contributed by atoms with E-state index in [9.17, 15) is 4.79 Å². The summed E-state index contributed by atoms with van der Waals surface area (Å²) < 4.78 is 1.65. The normalized spacial score (nSPS) is 10.8. The average Bonchev–Trinajstić information content (AvgIpc) is 3.03. The summed E-state index contributed by atoms with van der Waals surface area (Å²) in [5, 5.41) is 7.06. The van der Waals surface area contributed by atoms with Gasteiger partial charge in [-0.3, -0.25) is 10.1 Å². The zero-order valence-corrected chi connectivity index (χ0v) is 13.7. The van der Waals surface area contributed by atoms with Crippen LogP contribution in [0.15, 0.2) is 72.9 Å². The predicted octanol–water partition coefficient (Wildman–Crippen LogP) is 3.96. The van der Waals surface area contributed by atoms with Crippen molar-refractivity contribution in [3.8, 4) is 11.1 Å². The van der Waals surface area contributed by atoms with E-state index >= 15 is 0 Å². The molecule has 122 valence electrons. The Labute approximate surface area is 145 Å². The summed E-state index contributed by atoms with van der Waals surface area (Å²) >= 11 is 0. The second kappa shape index (κ2) is 6.20. The van der Waals surface area contributed by atoms with Gasteiger partial charge in [-0.25, -0.2) is 4.52 Å². The third-order valence-electron chi connectivity index (χ3n) is 3.95. The van der Waals surface area contributed by atoms with Gasteiger partial charge in [-0.15, -0.1) is 5.10 Å². The van der Waals surface area contributed by atoms with E-state index in [0.717, 1.165) is 16.7 Å². The number of carbonyl (C=O) groups is 1. The van der Waals surface area contributed by atoms with Gasteiger partial charge in [-0.2, -0.15) is 4.98 Å². The fourth-order valence-corrected chi connectivity index (χ4v) is 2.70. The molecule has 1 amide bonds. The predicted molar refractivity (Wildman–Crippen MR) is 97.6 cm³/mol. The van der Waals surface area contributed by atoms with Gasteiger partial charge < -0.3 is 0 Å². The Hall–Kier alpha value is -3.47. The molecule has 0 saturated carbocycles. The first-order valence-electron chi connectivity index (χ1n) is 7.99. The minimum Gasteiger partial charge on any atom is -0.289 e. The molecule has 4 aromatic rings. The molecule has 2 heterocycles. The highest BCUT2D eigenvalue weighted by Crippen LogP contribution is 2.20. The van der Waals surface area contributed by atoms with Crippen LogP contribution in [0.25, 0.3) is 16.8 Å². The van der Waals surface area contributed by atoms with E-state index in [1.54, 1.807) is 10.6 Å². The molecule has 0 saturated heterocycles. The number of aryl methyl sites for hydroxylation is 1. The lowest BCUT2D eigenvalue weighted by Crippen LogP contribution is -2.13. The standard InChI is InChI=1S/C20H16N4O/c1-14-6-5-9-17(12-14)19(25)22-20-21-18-13-16(10-11-24(18)23-20)15-7-3-2-4-8-15/h2-13H,1H3,(H,22,23,25). The third kappa shape index (κ3) is 3.12. The molecule has 0 unspecified atom stereocenters. The van der Waals surface area contributed by atoms with Crippen LogP contribution in [-0.4, -0.2) is 20.5 Å². The molecule has 2 aromatic carbocycles. The van der Waals surface area contributed by atoms with Gasteiger partial charge in [0.15, 0.2) is 5.65 Å². The Bertz CT molecular complexity index is 1050. The van der Waals surface area contributed by atoms with Crippen LogP contribution >= 0.6 is 0 Å². The van der Waals surface area contributed by atoms with Crippen molar-refractivity contribution in [2.75, 3.05) is 5.32 Å². The number of hydrogen-bond donors (Lipinski definition) is 1. The maximum atomic E-state index is 12.3. The van der Waals surface area contributed by atoms with E-state index in [2.05, 4.69) is 15.4 Å². The minimum absolute atomic E-state index is 0.220. The van der Waals surface area contributed by atoms with E-state index < -0.39 is 0 Å². The minimum atomic E-state index is -0.220. The zero-order chi connectivity index (χ0) is 17.2. The Kier molecular flexibility index (Phi) is 3.74. The number of fused-ring (bicyclic) bond motifs is 1. The van der Waals surface area contributed by atoms with Crippen LogP contribution in [0.4, 0.5) is 5.95 Å². The fraction of sp³-hybridized carbons (Fsp3) is 0.0500. The molecule has 0 spiro atoms. The molecule has 2 aromatic heterocycles. The number of amides is 1. The summed E-state index contributed by atoms with van der Waals surface area (Å²) in [5.74, 6) is 0.0691. The lowest BCUT2D eigenvalue weighted by Gasteiger charge is -2.01. The van der Waals surface area contributed by atoms with E-state index in [1.165, 1.54) is 0 Å². The first-order chi connectivity index (χ1) is 12.2. The lowest BCUT2D eigenvalue weighted by atomic mass is 10.1. The van der Waals surface area contributed by atoms with Crippen LogP contribution in [0.1, 0.15) is 15.9 Å². The summed E-state index contributed by atoms with van der Waals surface area (Å²) in [6.45, 7) is 1.95. The number of carbonyl (C=O) groups excluding carboxylic acids is 1. The average molecular weight is 328 g/mol. The monoisotopic (exact) mass is 328 g/mol. The quantitative estimate of drug-likeness (QED) is 0.619. The van der Waals surface area contributed by atoms with Crippen molar-refractivity contribution in [1.82, 2.24) is 14.6 Å².